The summed E-state index contributed by atoms with van der Waals surface area (Å²) in [6.45, 7) is 0.631. The molecule has 0 aromatic carbocycles. The highest BCUT2D eigenvalue weighted by Gasteiger charge is 2.34. The monoisotopic (exact) mass is 162 g/mol. The largest absolute Gasteiger partial charge is 0.481 e. The molecule has 1 rings (SSSR count). The van der Waals surface area contributed by atoms with Gasteiger partial charge in [0.2, 0.25) is 0 Å². The van der Waals surface area contributed by atoms with Crippen molar-refractivity contribution in [2.24, 2.45) is 0 Å². The van der Waals surface area contributed by atoms with Gasteiger partial charge in [0.05, 0.1) is 19.6 Å². The first-order valence-electron chi connectivity index (χ1n) is 3.34. The summed E-state index contributed by atoms with van der Waals surface area (Å²) in [4.78, 5) is 10.1. The highest BCUT2D eigenvalue weighted by molar-refractivity contribution is 5.66. The van der Waals surface area contributed by atoms with Crippen molar-refractivity contribution in [2.75, 3.05) is 13.2 Å². The minimum atomic E-state index is -1.65. The number of carboxylic acids is 1. The number of carboxylic acid groups (broad SMARTS) is 1. The van der Waals surface area contributed by atoms with Crippen molar-refractivity contribution in [3.63, 3.8) is 0 Å². The van der Waals surface area contributed by atoms with Gasteiger partial charge < -0.3 is 19.7 Å². The van der Waals surface area contributed by atoms with Gasteiger partial charge in [-0.2, -0.15) is 0 Å². The molecule has 1 aliphatic rings. The van der Waals surface area contributed by atoms with Crippen molar-refractivity contribution < 1.29 is 24.5 Å². The first kappa shape index (κ1) is 8.45. The summed E-state index contributed by atoms with van der Waals surface area (Å²) < 4.78 is 9.52. The lowest BCUT2D eigenvalue weighted by atomic mass is 10.3. The fraction of sp³-hybridized carbons (Fsp3) is 0.833. The molecule has 0 aliphatic carbocycles. The Morgan fingerprint density at radius 2 is 2.00 bits per heavy atom. The first-order valence-corrected chi connectivity index (χ1v) is 3.34. The molecule has 5 heteroatoms. The van der Waals surface area contributed by atoms with Gasteiger partial charge in [-0.05, 0) is 0 Å². The molecule has 1 heterocycles. The van der Waals surface area contributed by atoms with Gasteiger partial charge in [0, 0.05) is 6.42 Å². The average molecular weight is 162 g/mol. The van der Waals surface area contributed by atoms with E-state index in [1.807, 2.05) is 0 Å². The third-order valence-electron chi connectivity index (χ3n) is 1.39. The van der Waals surface area contributed by atoms with E-state index >= 15 is 0 Å². The highest BCUT2D eigenvalue weighted by Crippen LogP contribution is 2.20. The van der Waals surface area contributed by atoms with Gasteiger partial charge >= 0.3 is 5.97 Å². The summed E-state index contributed by atoms with van der Waals surface area (Å²) in [6.07, 6.45) is -0.182. The maximum Gasteiger partial charge on any atom is 0.303 e. The van der Waals surface area contributed by atoms with Crippen LogP contribution in [0.25, 0.3) is 0 Å². The second kappa shape index (κ2) is 3.17. The molecule has 1 aliphatic heterocycles. The zero-order valence-electron chi connectivity index (χ0n) is 5.95. The van der Waals surface area contributed by atoms with Gasteiger partial charge in [0.1, 0.15) is 0 Å². The second-order valence-electron chi connectivity index (χ2n) is 2.30. The smallest absolute Gasteiger partial charge is 0.303 e. The van der Waals surface area contributed by atoms with Crippen LogP contribution in [0, 0.1) is 0 Å². The zero-order valence-corrected chi connectivity index (χ0v) is 5.95. The Balaban J connectivity index is 2.28. The number of hydrogen-bond donors (Lipinski definition) is 2. The molecule has 0 atom stereocenters. The third kappa shape index (κ3) is 2.45. The Labute approximate surface area is 63.5 Å². The van der Waals surface area contributed by atoms with E-state index < -0.39 is 11.9 Å². The molecule has 0 saturated carbocycles. The number of hydrogen-bond acceptors (Lipinski definition) is 4. The molecule has 2 N–H and O–H groups in total. The van der Waals surface area contributed by atoms with Crippen LogP contribution in [0.3, 0.4) is 0 Å². The molecule has 5 nitrogen and oxygen atoms in total. The maximum absolute atomic E-state index is 10.1. The van der Waals surface area contributed by atoms with E-state index in [2.05, 4.69) is 0 Å². The van der Waals surface area contributed by atoms with Crippen LogP contribution < -0.4 is 0 Å². The predicted molar refractivity (Wildman–Crippen MR) is 33.7 cm³/mol. The second-order valence-corrected chi connectivity index (χ2v) is 2.30. The lowest BCUT2D eigenvalue weighted by molar-refractivity contribution is -0.308. The third-order valence-corrected chi connectivity index (χ3v) is 1.39. The quantitative estimate of drug-likeness (QED) is 0.587. The van der Waals surface area contributed by atoms with Gasteiger partial charge in [-0.25, -0.2) is 0 Å². The molecule has 0 aromatic heterocycles. The van der Waals surface area contributed by atoms with Gasteiger partial charge in [-0.3, -0.25) is 4.79 Å². The summed E-state index contributed by atoms with van der Waals surface area (Å²) in [5, 5.41) is 17.5. The van der Waals surface area contributed by atoms with Crippen molar-refractivity contribution in [1.82, 2.24) is 0 Å². The Morgan fingerprint density at radius 3 is 2.45 bits per heavy atom. The van der Waals surface area contributed by atoms with Gasteiger partial charge in [-0.1, -0.05) is 0 Å². The molecule has 1 saturated heterocycles. The zero-order chi connectivity index (χ0) is 8.32. The van der Waals surface area contributed by atoms with Crippen LogP contribution in [0.15, 0.2) is 0 Å². The predicted octanol–water partition coefficient (Wildman–Crippen LogP) is -0.456. The lowest BCUT2D eigenvalue weighted by Crippen LogP contribution is -2.30. The Kier molecular flexibility index (Phi) is 2.43. The van der Waals surface area contributed by atoms with Crippen LogP contribution in [-0.2, 0) is 14.3 Å². The van der Waals surface area contributed by atoms with Crippen LogP contribution in [0.2, 0.25) is 0 Å². The van der Waals surface area contributed by atoms with E-state index in [1.54, 1.807) is 0 Å². The summed E-state index contributed by atoms with van der Waals surface area (Å²) >= 11 is 0. The Morgan fingerprint density at radius 1 is 1.45 bits per heavy atom. The van der Waals surface area contributed by atoms with Gasteiger partial charge in [-0.15, -0.1) is 0 Å². The van der Waals surface area contributed by atoms with E-state index in [-0.39, 0.29) is 12.8 Å². The topological polar surface area (TPSA) is 76.0 Å². The number of ether oxygens (including phenoxy) is 2. The van der Waals surface area contributed by atoms with Crippen LogP contribution >= 0.6 is 0 Å². The molecular weight excluding hydrogens is 152 g/mol. The fourth-order valence-corrected chi connectivity index (χ4v) is 0.853. The summed E-state index contributed by atoms with van der Waals surface area (Å²) in [7, 11) is 0. The number of rotatable bonds is 3. The van der Waals surface area contributed by atoms with E-state index in [1.165, 1.54) is 0 Å². The standard InChI is InChI=1S/C6H10O5/c7-5(8)1-2-6(9)10-3-4-11-6/h9H,1-4H2,(H,7,8). The molecule has 0 amide bonds. The van der Waals surface area contributed by atoms with Crippen LogP contribution in [0.5, 0.6) is 0 Å². The SMILES string of the molecule is O=C(O)CCC1(O)OCCO1. The van der Waals surface area contributed by atoms with Crippen LogP contribution in [0.1, 0.15) is 12.8 Å². The van der Waals surface area contributed by atoms with E-state index in [9.17, 15) is 9.90 Å². The first-order chi connectivity index (χ1) is 5.12. The van der Waals surface area contributed by atoms with Gasteiger partial charge in [0.15, 0.2) is 0 Å². The van der Waals surface area contributed by atoms with Crippen molar-refractivity contribution in [3.8, 4) is 0 Å². The molecular formula is C6H10O5. The van der Waals surface area contributed by atoms with Crippen molar-refractivity contribution in [1.29, 1.82) is 0 Å². The van der Waals surface area contributed by atoms with Crippen molar-refractivity contribution in [2.45, 2.75) is 18.8 Å². The Bertz CT molecular complexity index is 149. The lowest BCUT2D eigenvalue weighted by Gasteiger charge is -2.18. The Hall–Kier alpha value is -0.650. The van der Waals surface area contributed by atoms with Gasteiger partial charge in [0.25, 0.3) is 5.97 Å². The van der Waals surface area contributed by atoms with Crippen LogP contribution in [-0.4, -0.2) is 35.4 Å². The molecule has 0 spiro atoms. The fourth-order valence-electron chi connectivity index (χ4n) is 0.853. The minimum absolute atomic E-state index is 0.0255. The van der Waals surface area contributed by atoms with E-state index in [0.717, 1.165) is 0 Å². The van der Waals surface area contributed by atoms with Crippen LogP contribution in [0.4, 0.5) is 0 Å². The number of carbonyl (C=O) groups is 1. The highest BCUT2D eigenvalue weighted by atomic mass is 16.8. The summed E-state index contributed by atoms with van der Waals surface area (Å²) in [6, 6.07) is 0. The molecule has 0 unspecified atom stereocenters. The van der Waals surface area contributed by atoms with E-state index in [4.69, 9.17) is 14.6 Å². The average Bonchev–Trinajstić information content (AvgIpc) is 2.33. The summed E-state index contributed by atoms with van der Waals surface area (Å²) in [5.41, 5.74) is 0. The molecule has 0 radical (unpaired) electrons. The minimum Gasteiger partial charge on any atom is -0.481 e. The van der Waals surface area contributed by atoms with E-state index in [0.29, 0.717) is 13.2 Å². The van der Waals surface area contributed by atoms with Crippen molar-refractivity contribution >= 4 is 5.97 Å². The molecule has 1 fully saturated rings. The number of aliphatic hydroxyl groups is 1. The number of aliphatic carboxylic acids is 1. The molecule has 11 heavy (non-hydrogen) atoms. The molecule has 64 valence electrons. The molecule has 0 aromatic rings. The summed E-state index contributed by atoms with van der Waals surface area (Å²) in [5.74, 6) is -2.63. The van der Waals surface area contributed by atoms with Crippen molar-refractivity contribution in [3.05, 3.63) is 0 Å². The molecule has 0 bridgehead atoms. The maximum atomic E-state index is 10.1. The normalized spacial score (nSPS) is 21.9.